The third-order valence-electron chi connectivity index (χ3n) is 6.71. The monoisotopic (exact) mass is 550 g/mol. The molecule has 0 bridgehead atoms. The van der Waals surface area contributed by atoms with E-state index >= 15 is 0 Å². The Bertz CT molecular complexity index is 1740. The summed E-state index contributed by atoms with van der Waals surface area (Å²) in [5.41, 5.74) is 4.13. The SMILES string of the molecule is CC(O)c1cc(F)ccc1Oc1nc2ccc(CC(=O)Cc3cccc([N+](=O)[O-])c3)cc2cc1Cc1ccccc1. The van der Waals surface area contributed by atoms with Crippen molar-refractivity contribution in [3.63, 3.8) is 0 Å². The number of ether oxygens (including phenoxy) is 1. The second-order valence-corrected chi connectivity index (χ2v) is 9.92. The molecule has 0 fully saturated rings. The quantitative estimate of drug-likeness (QED) is 0.147. The summed E-state index contributed by atoms with van der Waals surface area (Å²) in [5, 5.41) is 22.1. The molecule has 0 aliphatic carbocycles. The first-order chi connectivity index (χ1) is 19.7. The zero-order chi connectivity index (χ0) is 28.9. The van der Waals surface area contributed by atoms with Gasteiger partial charge in [0.2, 0.25) is 5.88 Å². The van der Waals surface area contributed by atoms with E-state index in [0.717, 1.165) is 22.1 Å². The van der Waals surface area contributed by atoms with Crippen molar-refractivity contribution in [1.82, 2.24) is 4.98 Å². The normalized spacial score (nSPS) is 11.8. The maximum absolute atomic E-state index is 13.9. The number of aromatic nitrogens is 1. The molecule has 1 unspecified atom stereocenters. The number of nitrogens with zero attached hydrogens (tertiary/aromatic N) is 2. The minimum atomic E-state index is -0.944. The Hall–Kier alpha value is -4.95. The van der Waals surface area contributed by atoms with Crippen LogP contribution in [0.5, 0.6) is 11.6 Å². The Balaban J connectivity index is 1.45. The van der Waals surface area contributed by atoms with Gasteiger partial charge in [-0.1, -0.05) is 48.5 Å². The van der Waals surface area contributed by atoms with E-state index in [0.29, 0.717) is 34.7 Å². The lowest BCUT2D eigenvalue weighted by Crippen LogP contribution is -2.07. The molecule has 0 saturated carbocycles. The van der Waals surface area contributed by atoms with Crippen LogP contribution in [0.4, 0.5) is 10.1 Å². The van der Waals surface area contributed by atoms with Crippen LogP contribution in [0.3, 0.4) is 0 Å². The lowest BCUT2D eigenvalue weighted by Gasteiger charge is -2.16. The van der Waals surface area contributed by atoms with E-state index in [1.165, 1.54) is 30.3 Å². The summed E-state index contributed by atoms with van der Waals surface area (Å²) in [5.74, 6) is 0.108. The van der Waals surface area contributed by atoms with Crippen LogP contribution in [0.25, 0.3) is 10.9 Å². The minimum Gasteiger partial charge on any atom is -0.438 e. The lowest BCUT2D eigenvalue weighted by molar-refractivity contribution is -0.384. The highest BCUT2D eigenvalue weighted by atomic mass is 19.1. The number of hydrogen-bond donors (Lipinski definition) is 1. The van der Waals surface area contributed by atoms with Crippen LogP contribution in [0.2, 0.25) is 0 Å². The van der Waals surface area contributed by atoms with Gasteiger partial charge < -0.3 is 9.84 Å². The zero-order valence-electron chi connectivity index (χ0n) is 22.3. The molecule has 5 aromatic rings. The maximum atomic E-state index is 13.9. The molecule has 0 aliphatic rings. The van der Waals surface area contributed by atoms with Gasteiger partial charge in [0, 0.05) is 47.9 Å². The number of hydrogen-bond acceptors (Lipinski definition) is 6. The Morgan fingerprint density at radius 1 is 0.927 bits per heavy atom. The molecule has 5 rings (SSSR count). The standard InChI is InChI=1S/C33H27FN2O5/c1-21(37)30-20-27(34)11-13-32(30)41-33-26(14-22-6-3-2-4-7-22)19-25-15-24(10-12-31(25)35-33)18-29(38)17-23-8-5-9-28(16-23)36(39)40/h2-13,15-16,19-21,37H,14,17-18H2,1H3. The largest absolute Gasteiger partial charge is 0.438 e. The summed E-state index contributed by atoms with van der Waals surface area (Å²) < 4.78 is 20.1. The number of Topliss-reactive ketones (excluding diaryl/α,β-unsaturated/α-hetero) is 1. The van der Waals surface area contributed by atoms with E-state index in [4.69, 9.17) is 9.72 Å². The zero-order valence-corrected chi connectivity index (χ0v) is 22.3. The van der Waals surface area contributed by atoms with E-state index in [9.17, 15) is 24.4 Å². The number of aliphatic hydroxyl groups is 1. The number of pyridine rings is 1. The first-order valence-electron chi connectivity index (χ1n) is 13.1. The fraction of sp³-hybridized carbons (Fsp3) is 0.152. The van der Waals surface area contributed by atoms with Gasteiger partial charge in [-0.2, -0.15) is 0 Å². The summed E-state index contributed by atoms with van der Waals surface area (Å²) in [4.78, 5) is 28.2. The van der Waals surface area contributed by atoms with Crippen molar-refractivity contribution in [1.29, 1.82) is 0 Å². The van der Waals surface area contributed by atoms with Gasteiger partial charge in [-0.25, -0.2) is 9.37 Å². The van der Waals surface area contributed by atoms with Gasteiger partial charge in [0.05, 0.1) is 16.5 Å². The van der Waals surface area contributed by atoms with Crippen LogP contribution < -0.4 is 4.74 Å². The molecule has 1 aromatic heterocycles. The topological polar surface area (TPSA) is 103 Å². The molecule has 0 spiro atoms. The highest BCUT2D eigenvalue weighted by Gasteiger charge is 2.17. The summed E-state index contributed by atoms with van der Waals surface area (Å²) in [6.07, 6.45) is -0.174. The highest BCUT2D eigenvalue weighted by Crippen LogP contribution is 2.34. The third-order valence-corrected chi connectivity index (χ3v) is 6.71. The molecule has 0 radical (unpaired) electrons. The molecule has 1 atom stereocenters. The van der Waals surface area contributed by atoms with Crippen molar-refractivity contribution in [2.75, 3.05) is 0 Å². The number of ketones is 1. The van der Waals surface area contributed by atoms with Crippen molar-refractivity contribution in [3.05, 3.63) is 141 Å². The van der Waals surface area contributed by atoms with Gasteiger partial charge >= 0.3 is 0 Å². The van der Waals surface area contributed by atoms with E-state index in [-0.39, 0.29) is 24.3 Å². The average molecular weight is 551 g/mol. The van der Waals surface area contributed by atoms with Gasteiger partial charge in [0.25, 0.3) is 5.69 Å². The van der Waals surface area contributed by atoms with Crippen LogP contribution >= 0.6 is 0 Å². The number of benzene rings is 4. The number of halogens is 1. The number of aliphatic hydroxyl groups excluding tert-OH is 1. The molecule has 8 heteroatoms. The highest BCUT2D eigenvalue weighted by molar-refractivity contribution is 5.86. The number of fused-ring (bicyclic) bond motifs is 1. The molecule has 41 heavy (non-hydrogen) atoms. The molecule has 0 saturated heterocycles. The van der Waals surface area contributed by atoms with Crippen LogP contribution in [0, 0.1) is 15.9 Å². The Labute approximate surface area is 236 Å². The van der Waals surface area contributed by atoms with Crippen molar-refractivity contribution in [3.8, 4) is 11.6 Å². The van der Waals surface area contributed by atoms with Gasteiger partial charge in [0.1, 0.15) is 17.3 Å². The molecule has 1 heterocycles. The fourth-order valence-electron chi connectivity index (χ4n) is 4.73. The molecule has 1 N–H and O–H groups in total. The van der Waals surface area contributed by atoms with Gasteiger partial charge in [-0.3, -0.25) is 14.9 Å². The molecular weight excluding hydrogens is 523 g/mol. The number of non-ortho nitro benzene ring substituents is 1. The Kier molecular flexibility index (Phi) is 8.12. The second kappa shape index (κ2) is 12.1. The fourth-order valence-corrected chi connectivity index (χ4v) is 4.73. The molecule has 0 aliphatic heterocycles. The predicted molar refractivity (Wildman–Crippen MR) is 154 cm³/mol. The number of rotatable bonds is 10. The van der Waals surface area contributed by atoms with E-state index in [1.807, 2.05) is 54.6 Å². The number of nitro groups is 1. The van der Waals surface area contributed by atoms with Crippen LogP contribution in [-0.4, -0.2) is 20.8 Å². The van der Waals surface area contributed by atoms with Crippen molar-refractivity contribution in [2.24, 2.45) is 0 Å². The smallest absolute Gasteiger partial charge is 0.269 e. The number of carbonyl (C=O) groups is 1. The van der Waals surface area contributed by atoms with Crippen molar-refractivity contribution < 1.29 is 24.0 Å². The summed E-state index contributed by atoms with van der Waals surface area (Å²) in [6.45, 7) is 1.54. The summed E-state index contributed by atoms with van der Waals surface area (Å²) in [7, 11) is 0. The first-order valence-corrected chi connectivity index (χ1v) is 13.1. The average Bonchev–Trinajstić information content (AvgIpc) is 2.95. The molecule has 4 aromatic carbocycles. The van der Waals surface area contributed by atoms with E-state index in [2.05, 4.69) is 0 Å². The summed E-state index contributed by atoms with van der Waals surface area (Å²) in [6, 6.07) is 27.4. The first kappa shape index (κ1) is 27.6. The number of carbonyl (C=O) groups excluding carboxylic acids is 1. The third kappa shape index (κ3) is 6.80. The van der Waals surface area contributed by atoms with Crippen molar-refractivity contribution in [2.45, 2.75) is 32.3 Å². The summed E-state index contributed by atoms with van der Waals surface area (Å²) >= 11 is 0. The number of nitro benzene ring substituents is 1. The van der Waals surface area contributed by atoms with Gasteiger partial charge in [0.15, 0.2) is 0 Å². The van der Waals surface area contributed by atoms with Gasteiger partial charge in [-0.05, 0) is 60.0 Å². The second-order valence-electron chi connectivity index (χ2n) is 9.92. The Morgan fingerprint density at radius 2 is 1.66 bits per heavy atom. The molecule has 206 valence electrons. The molecule has 0 amide bonds. The molecular formula is C33H27FN2O5. The van der Waals surface area contributed by atoms with Crippen LogP contribution in [0.1, 0.15) is 40.8 Å². The predicted octanol–water partition coefficient (Wildman–Crippen LogP) is 7.07. The minimum absolute atomic E-state index is 0.0442. The maximum Gasteiger partial charge on any atom is 0.269 e. The lowest BCUT2D eigenvalue weighted by atomic mass is 9.99. The van der Waals surface area contributed by atoms with Gasteiger partial charge in [-0.15, -0.1) is 0 Å². The van der Waals surface area contributed by atoms with Crippen molar-refractivity contribution >= 4 is 22.4 Å². The van der Waals surface area contributed by atoms with Crippen LogP contribution in [-0.2, 0) is 24.1 Å². The van der Waals surface area contributed by atoms with E-state index < -0.39 is 16.8 Å². The molecule has 7 nitrogen and oxygen atoms in total. The Morgan fingerprint density at radius 3 is 2.39 bits per heavy atom. The van der Waals surface area contributed by atoms with E-state index in [1.54, 1.807) is 19.1 Å². The van der Waals surface area contributed by atoms with Crippen LogP contribution in [0.15, 0.2) is 97.1 Å².